The highest BCUT2D eigenvalue weighted by Crippen LogP contribution is 2.52. The lowest BCUT2D eigenvalue weighted by molar-refractivity contribution is 0.00768. The van der Waals surface area contributed by atoms with Crippen LogP contribution in [-0.2, 0) is 10.3 Å². The normalized spacial score (nSPS) is 45.2. The van der Waals surface area contributed by atoms with Crippen molar-refractivity contribution < 1.29 is 9.26 Å². The molecular formula is C14H21N3O2. The molecule has 19 heavy (non-hydrogen) atoms. The van der Waals surface area contributed by atoms with E-state index in [1.54, 1.807) is 0 Å². The summed E-state index contributed by atoms with van der Waals surface area (Å²) in [7, 11) is 0. The molecule has 2 saturated carbocycles. The molecule has 0 amide bonds. The van der Waals surface area contributed by atoms with Gasteiger partial charge in [-0.1, -0.05) is 5.16 Å². The fourth-order valence-corrected chi connectivity index (χ4v) is 4.24. The highest BCUT2D eigenvalue weighted by Gasteiger charge is 2.49. The molecule has 3 fully saturated rings. The van der Waals surface area contributed by atoms with Crippen LogP contribution in [0.25, 0.3) is 0 Å². The fraction of sp³-hybridized carbons (Fsp3) is 0.857. The zero-order valence-electron chi connectivity index (χ0n) is 11.3. The Morgan fingerprint density at radius 2 is 2.16 bits per heavy atom. The van der Waals surface area contributed by atoms with Gasteiger partial charge < -0.3 is 15.0 Å². The second kappa shape index (κ2) is 4.03. The molecule has 5 nitrogen and oxygen atoms in total. The number of ether oxygens (including phenoxy) is 1. The number of hydrogen-bond donors (Lipinski definition) is 1. The predicted octanol–water partition coefficient (Wildman–Crippen LogP) is 1.94. The fourth-order valence-electron chi connectivity index (χ4n) is 4.24. The largest absolute Gasteiger partial charge is 0.367 e. The summed E-state index contributed by atoms with van der Waals surface area (Å²) in [6, 6.07) is 0.198. The van der Waals surface area contributed by atoms with Crippen LogP contribution in [0.1, 0.15) is 56.7 Å². The lowest BCUT2D eigenvalue weighted by atomic mass is 9.85. The van der Waals surface area contributed by atoms with Crippen LogP contribution in [0.5, 0.6) is 0 Å². The quantitative estimate of drug-likeness (QED) is 0.882. The maximum atomic E-state index is 6.33. The first-order valence-electron chi connectivity index (χ1n) is 7.41. The Bertz CT molecular complexity index is 479. The molecule has 0 spiro atoms. The Balaban J connectivity index is 1.61. The Kier molecular flexibility index (Phi) is 2.51. The predicted molar refractivity (Wildman–Crippen MR) is 68.4 cm³/mol. The van der Waals surface area contributed by atoms with E-state index in [2.05, 4.69) is 17.1 Å². The molecular weight excluding hydrogens is 242 g/mol. The molecule has 1 aliphatic heterocycles. The van der Waals surface area contributed by atoms with E-state index in [-0.39, 0.29) is 17.6 Å². The van der Waals surface area contributed by atoms with Crippen molar-refractivity contribution in [2.75, 3.05) is 6.61 Å². The van der Waals surface area contributed by atoms with Crippen molar-refractivity contribution in [3.63, 3.8) is 0 Å². The molecule has 1 saturated heterocycles. The van der Waals surface area contributed by atoms with Gasteiger partial charge >= 0.3 is 0 Å². The monoisotopic (exact) mass is 263 g/mol. The maximum absolute atomic E-state index is 6.33. The van der Waals surface area contributed by atoms with Crippen LogP contribution >= 0.6 is 0 Å². The van der Waals surface area contributed by atoms with Gasteiger partial charge in [-0.2, -0.15) is 4.98 Å². The van der Waals surface area contributed by atoms with Gasteiger partial charge in [-0.3, -0.25) is 0 Å². The molecule has 104 valence electrons. The van der Waals surface area contributed by atoms with Crippen LogP contribution in [0.2, 0.25) is 0 Å². The Hall–Kier alpha value is -0.940. The van der Waals surface area contributed by atoms with Crippen LogP contribution in [0.4, 0.5) is 0 Å². The molecule has 5 atom stereocenters. The van der Waals surface area contributed by atoms with Gasteiger partial charge in [0.15, 0.2) is 0 Å². The van der Waals surface area contributed by atoms with Gasteiger partial charge in [0.2, 0.25) is 11.7 Å². The first kappa shape index (κ1) is 11.9. The van der Waals surface area contributed by atoms with Gasteiger partial charge in [0.25, 0.3) is 0 Å². The van der Waals surface area contributed by atoms with Crippen molar-refractivity contribution in [2.45, 2.75) is 56.6 Å². The van der Waals surface area contributed by atoms with E-state index >= 15 is 0 Å². The van der Waals surface area contributed by atoms with E-state index < -0.39 is 0 Å². The third-order valence-electron chi connectivity index (χ3n) is 5.40. The lowest BCUT2D eigenvalue weighted by Crippen LogP contribution is -2.34. The van der Waals surface area contributed by atoms with Crippen LogP contribution in [0, 0.1) is 11.8 Å². The van der Waals surface area contributed by atoms with Gasteiger partial charge in [0.05, 0.1) is 5.92 Å². The summed E-state index contributed by atoms with van der Waals surface area (Å²) in [5.74, 6) is 3.01. The second-order valence-electron chi connectivity index (χ2n) is 6.58. The van der Waals surface area contributed by atoms with Gasteiger partial charge in [0, 0.05) is 12.6 Å². The average Bonchev–Trinajstić information content (AvgIpc) is 3.10. The summed E-state index contributed by atoms with van der Waals surface area (Å²) < 4.78 is 11.3. The van der Waals surface area contributed by atoms with Crippen molar-refractivity contribution in [3.8, 4) is 0 Å². The molecule has 1 aromatic heterocycles. The third-order valence-corrected chi connectivity index (χ3v) is 5.40. The molecule has 5 heteroatoms. The maximum Gasteiger partial charge on any atom is 0.231 e. The van der Waals surface area contributed by atoms with E-state index in [1.165, 1.54) is 19.3 Å². The molecule has 0 aromatic carbocycles. The second-order valence-corrected chi connectivity index (χ2v) is 6.58. The standard InChI is InChI=1S/C14H21N3O2/c1-14(5-2-6-18-14)13-16-12(19-17-13)10-8-3-4-9(7-8)11(10)15/h8-11H,2-7,15H2,1H3. The summed E-state index contributed by atoms with van der Waals surface area (Å²) in [5.41, 5.74) is 5.98. The van der Waals surface area contributed by atoms with Crippen molar-refractivity contribution in [1.82, 2.24) is 10.1 Å². The van der Waals surface area contributed by atoms with Crippen LogP contribution in [0.15, 0.2) is 4.52 Å². The topological polar surface area (TPSA) is 74.2 Å². The molecule has 2 aliphatic carbocycles. The van der Waals surface area contributed by atoms with E-state index in [0.717, 1.165) is 25.3 Å². The van der Waals surface area contributed by atoms with Gasteiger partial charge in [-0.15, -0.1) is 0 Å². The molecule has 2 N–H and O–H groups in total. The zero-order chi connectivity index (χ0) is 13.0. The van der Waals surface area contributed by atoms with E-state index in [0.29, 0.717) is 17.7 Å². The Morgan fingerprint density at radius 3 is 2.84 bits per heavy atom. The van der Waals surface area contributed by atoms with Crippen LogP contribution < -0.4 is 5.73 Å². The molecule has 2 heterocycles. The molecule has 3 aliphatic rings. The van der Waals surface area contributed by atoms with Crippen molar-refractivity contribution in [1.29, 1.82) is 0 Å². The third kappa shape index (κ3) is 1.68. The summed E-state index contributed by atoms with van der Waals surface area (Å²) in [5, 5.41) is 4.17. The number of nitrogens with two attached hydrogens (primary N) is 1. The molecule has 1 aromatic rings. The number of fused-ring (bicyclic) bond motifs is 2. The number of nitrogens with zero attached hydrogens (tertiary/aromatic N) is 2. The summed E-state index contributed by atoms with van der Waals surface area (Å²) in [6.45, 7) is 2.84. The number of rotatable bonds is 2. The van der Waals surface area contributed by atoms with Crippen molar-refractivity contribution in [2.24, 2.45) is 17.6 Å². The first-order chi connectivity index (χ1) is 9.17. The molecule has 2 bridgehead atoms. The van der Waals surface area contributed by atoms with E-state index in [9.17, 15) is 0 Å². The smallest absolute Gasteiger partial charge is 0.231 e. The average molecular weight is 263 g/mol. The molecule has 4 rings (SSSR count). The van der Waals surface area contributed by atoms with Gasteiger partial charge in [0.1, 0.15) is 5.60 Å². The van der Waals surface area contributed by atoms with Crippen LogP contribution in [-0.4, -0.2) is 22.8 Å². The summed E-state index contributed by atoms with van der Waals surface area (Å²) in [4.78, 5) is 4.63. The minimum Gasteiger partial charge on any atom is -0.367 e. The highest BCUT2D eigenvalue weighted by atomic mass is 16.5. The Morgan fingerprint density at radius 1 is 1.32 bits per heavy atom. The first-order valence-corrected chi connectivity index (χ1v) is 7.41. The van der Waals surface area contributed by atoms with E-state index in [4.69, 9.17) is 15.0 Å². The van der Waals surface area contributed by atoms with Crippen LogP contribution in [0.3, 0.4) is 0 Å². The lowest BCUT2D eigenvalue weighted by Gasteiger charge is -2.24. The van der Waals surface area contributed by atoms with Crippen molar-refractivity contribution >= 4 is 0 Å². The highest BCUT2D eigenvalue weighted by molar-refractivity contribution is 5.13. The summed E-state index contributed by atoms with van der Waals surface area (Å²) in [6.07, 6.45) is 5.79. The van der Waals surface area contributed by atoms with Gasteiger partial charge in [-0.05, 0) is 50.9 Å². The zero-order valence-corrected chi connectivity index (χ0v) is 11.3. The molecule has 0 radical (unpaired) electrons. The van der Waals surface area contributed by atoms with Crippen molar-refractivity contribution in [3.05, 3.63) is 11.7 Å². The SMILES string of the molecule is CC1(c2noc(C3C4CCC(C4)C3N)n2)CCCO1. The van der Waals surface area contributed by atoms with Gasteiger partial charge in [-0.25, -0.2) is 0 Å². The number of aromatic nitrogens is 2. The van der Waals surface area contributed by atoms with E-state index in [1.807, 2.05) is 0 Å². The summed E-state index contributed by atoms with van der Waals surface area (Å²) >= 11 is 0. The molecule has 5 unspecified atom stereocenters. The Labute approximate surface area is 112 Å². The minimum atomic E-state index is -0.358. The number of hydrogen-bond acceptors (Lipinski definition) is 5. The minimum absolute atomic E-state index is 0.198.